The molecule has 2 unspecified atom stereocenters. The van der Waals surface area contributed by atoms with Gasteiger partial charge in [-0.05, 0) is 103 Å². The van der Waals surface area contributed by atoms with Gasteiger partial charge in [-0.25, -0.2) is 8.42 Å². The number of carbonyl (C=O) groups is 2. The first-order valence-corrected chi connectivity index (χ1v) is 13.5. The first-order valence-electron chi connectivity index (χ1n) is 11.2. The molecule has 1 amide bonds. The lowest BCUT2D eigenvalue weighted by Gasteiger charge is -2.61. The van der Waals surface area contributed by atoms with Gasteiger partial charge in [-0.3, -0.25) is 9.59 Å². The van der Waals surface area contributed by atoms with Gasteiger partial charge in [0.2, 0.25) is 15.9 Å². The molecule has 0 saturated heterocycles. The summed E-state index contributed by atoms with van der Waals surface area (Å²) in [6, 6.07) is 6.66. The molecule has 5 fully saturated rings. The molecule has 2 atom stereocenters. The van der Waals surface area contributed by atoms with E-state index >= 15 is 0 Å². The Morgan fingerprint density at radius 2 is 1.74 bits per heavy atom. The van der Waals surface area contributed by atoms with Gasteiger partial charge in [0.05, 0.1) is 15.8 Å². The maximum absolute atomic E-state index is 13.6. The van der Waals surface area contributed by atoms with Gasteiger partial charge in [0, 0.05) is 10.9 Å². The molecule has 0 radical (unpaired) electrons. The van der Waals surface area contributed by atoms with Gasteiger partial charge < -0.3 is 5.73 Å². The molecule has 0 aromatic heterocycles. The Hall–Kier alpha value is -1.25. The van der Waals surface area contributed by atoms with E-state index in [0.717, 1.165) is 38.5 Å². The number of nitrogens with one attached hydrogen (secondary N) is 1. The minimum absolute atomic E-state index is 0.0176. The van der Waals surface area contributed by atoms with E-state index in [1.807, 2.05) is 0 Å². The van der Waals surface area contributed by atoms with E-state index in [1.54, 1.807) is 24.3 Å². The number of primary amides is 1. The van der Waals surface area contributed by atoms with Gasteiger partial charge in [-0.2, -0.15) is 4.72 Å². The van der Waals surface area contributed by atoms with Crippen molar-refractivity contribution in [2.45, 2.75) is 74.6 Å². The van der Waals surface area contributed by atoms with Crippen LogP contribution < -0.4 is 10.5 Å². The highest BCUT2D eigenvalue weighted by molar-refractivity contribution is 9.10. The zero-order chi connectivity index (χ0) is 22.1. The van der Waals surface area contributed by atoms with Gasteiger partial charge in [0.25, 0.3) is 0 Å². The third-order valence-electron chi connectivity index (χ3n) is 8.44. The number of halogens is 1. The maximum Gasteiger partial charge on any atom is 0.242 e. The predicted octanol–water partition coefficient (Wildman–Crippen LogP) is 3.68. The van der Waals surface area contributed by atoms with Crippen molar-refractivity contribution in [1.29, 1.82) is 0 Å². The van der Waals surface area contributed by atoms with E-state index in [0.29, 0.717) is 42.0 Å². The molecule has 1 aromatic rings. The number of ketones is 1. The molecular formula is C23H29BrN2O4S. The van der Waals surface area contributed by atoms with Crippen LogP contribution in [0.3, 0.4) is 0 Å². The monoisotopic (exact) mass is 508 g/mol. The van der Waals surface area contributed by atoms with Gasteiger partial charge in [-0.15, -0.1) is 0 Å². The highest BCUT2D eigenvalue weighted by Crippen LogP contribution is 2.66. The molecule has 0 aliphatic heterocycles. The fourth-order valence-electron chi connectivity index (χ4n) is 7.40. The van der Waals surface area contributed by atoms with Crippen LogP contribution in [-0.4, -0.2) is 25.6 Å². The second-order valence-corrected chi connectivity index (χ2v) is 13.2. The molecule has 31 heavy (non-hydrogen) atoms. The van der Waals surface area contributed by atoms with Crippen LogP contribution >= 0.6 is 15.9 Å². The van der Waals surface area contributed by atoms with Crippen molar-refractivity contribution in [2.24, 2.45) is 28.4 Å². The lowest BCUT2D eigenvalue weighted by atomic mass is 9.43. The van der Waals surface area contributed by atoms with E-state index in [-0.39, 0.29) is 22.0 Å². The first kappa shape index (κ1) is 21.6. The number of benzene rings is 1. The topological polar surface area (TPSA) is 106 Å². The van der Waals surface area contributed by atoms with Crippen molar-refractivity contribution in [3.63, 3.8) is 0 Å². The first-order chi connectivity index (χ1) is 14.6. The molecule has 5 aliphatic carbocycles. The van der Waals surface area contributed by atoms with Crippen molar-refractivity contribution in [3.05, 3.63) is 28.7 Å². The minimum atomic E-state index is -3.84. The number of Topliss-reactive ketones (excluding diaryl/α,β-unsaturated/α-hetero) is 1. The van der Waals surface area contributed by atoms with Crippen LogP contribution in [0.5, 0.6) is 0 Å². The SMILES string of the molecule is NC(=O)C12CC3CC(CC(CC(=O)C4(NS(=O)(=O)c5ccccc5Br)CCC4)(C3)C1)C2. The average molecular weight is 509 g/mol. The number of rotatable bonds is 7. The summed E-state index contributed by atoms with van der Waals surface area (Å²) in [4.78, 5) is 26.2. The van der Waals surface area contributed by atoms with E-state index in [4.69, 9.17) is 5.73 Å². The van der Waals surface area contributed by atoms with E-state index in [1.165, 1.54) is 0 Å². The van der Waals surface area contributed by atoms with Gasteiger partial charge in [-0.1, -0.05) is 12.1 Å². The zero-order valence-electron chi connectivity index (χ0n) is 17.5. The summed E-state index contributed by atoms with van der Waals surface area (Å²) in [6.07, 6.45) is 7.66. The lowest BCUT2D eigenvalue weighted by Crippen LogP contribution is -2.62. The molecule has 5 aliphatic rings. The quantitative estimate of drug-likeness (QED) is 0.585. The Labute approximate surface area is 191 Å². The van der Waals surface area contributed by atoms with Gasteiger partial charge in [0.1, 0.15) is 0 Å². The van der Waals surface area contributed by atoms with Crippen molar-refractivity contribution in [3.8, 4) is 0 Å². The Balaban J connectivity index is 1.39. The molecule has 1 aromatic carbocycles. The highest BCUT2D eigenvalue weighted by atomic mass is 79.9. The van der Waals surface area contributed by atoms with Crippen LogP contribution in [0.1, 0.15) is 64.2 Å². The Morgan fingerprint density at radius 1 is 1.10 bits per heavy atom. The summed E-state index contributed by atoms with van der Waals surface area (Å²) in [7, 11) is -3.84. The van der Waals surface area contributed by atoms with Crippen molar-refractivity contribution >= 4 is 37.6 Å². The smallest absolute Gasteiger partial charge is 0.242 e. The van der Waals surface area contributed by atoms with E-state index in [2.05, 4.69) is 20.7 Å². The van der Waals surface area contributed by atoms with Crippen LogP contribution in [0, 0.1) is 22.7 Å². The fraction of sp³-hybridized carbons (Fsp3) is 0.652. The second kappa shape index (κ2) is 7.12. The van der Waals surface area contributed by atoms with Gasteiger partial charge >= 0.3 is 0 Å². The predicted molar refractivity (Wildman–Crippen MR) is 119 cm³/mol. The Kier molecular flexibility index (Phi) is 4.96. The number of hydrogen-bond acceptors (Lipinski definition) is 4. The van der Waals surface area contributed by atoms with Crippen molar-refractivity contribution in [2.75, 3.05) is 0 Å². The molecule has 0 heterocycles. The van der Waals surface area contributed by atoms with E-state index < -0.39 is 21.0 Å². The highest BCUT2D eigenvalue weighted by Gasteiger charge is 2.61. The number of nitrogens with two attached hydrogens (primary N) is 1. The number of carbonyl (C=O) groups excluding carboxylic acids is 2. The molecule has 6 rings (SSSR count). The van der Waals surface area contributed by atoms with Crippen LogP contribution in [0.15, 0.2) is 33.6 Å². The maximum atomic E-state index is 13.6. The lowest BCUT2D eigenvalue weighted by molar-refractivity contribution is -0.159. The summed E-state index contributed by atoms with van der Waals surface area (Å²) in [5.41, 5.74) is 4.14. The summed E-state index contributed by atoms with van der Waals surface area (Å²) in [5.74, 6) is 0.675. The molecule has 8 heteroatoms. The van der Waals surface area contributed by atoms with Crippen LogP contribution in [0.25, 0.3) is 0 Å². The third-order valence-corrected chi connectivity index (χ3v) is 11.0. The number of sulfonamides is 1. The van der Waals surface area contributed by atoms with Crippen LogP contribution in [-0.2, 0) is 19.6 Å². The molecule has 6 nitrogen and oxygen atoms in total. The minimum Gasteiger partial charge on any atom is -0.369 e. The molecule has 4 bridgehead atoms. The summed E-state index contributed by atoms with van der Waals surface area (Å²) in [5, 5.41) is 0. The third kappa shape index (κ3) is 3.49. The molecule has 5 saturated carbocycles. The summed E-state index contributed by atoms with van der Waals surface area (Å²) >= 11 is 3.31. The van der Waals surface area contributed by atoms with E-state index in [9.17, 15) is 18.0 Å². The van der Waals surface area contributed by atoms with Crippen molar-refractivity contribution < 1.29 is 18.0 Å². The second-order valence-electron chi connectivity index (χ2n) is 10.7. The normalized spacial score (nSPS) is 35.5. The Morgan fingerprint density at radius 3 is 2.29 bits per heavy atom. The Bertz CT molecular complexity index is 1040. The standard InChI is InChI=1S/C23H29BrN2O4S/c24-17-4-1-2-5-18(17)31(29,30)26-23(6-3-7-23)19(27)13-21-9-15-8-16(10-21)12-22(11-15,14-21)20(25)28/h1-2,4-5,15-16,26H,3,6-14H2,(H2,25,28). The number of amides is 1. The number of hydrogen-bond donors (Lipinski definition) is 2. The molecule has 3 N–H and O–H groups in total. The zero-order valence-corrected chi connectivity index (χ0v) is 19.9. The molecular weight excluding hydrogens is 480 g/mol. The van der Waals surface area contributed by atoms with Crippen LogP contribution in [0.2, 0.25) is 0 Å². The summed E-state index contributed by atoms with van der Waals surface area (Å²) in [6.45, 7) is 0. The largest absolute Gasteiger partial charge is 0.369 e. The van der Waals surface area contributed by atoms with Crippen molar-refractivity contribution in [1.82, 2.24) is 4.72 Å². The van der Waals surface area contributed by atoms with Gasteiger partial charge in [0.15, 0.2) is 5.78 Å². The average Bonchev–Trinajstić information content (AvgIpc) is 2.63. The molecule has 0 spiro atoms. The van der Waals surface area contributed by atoms with Crippen LogP contribution in [0.4, 0.5) is 0 Å². The molecule has 168 valence electrons. The summed E-state index contributed by atoms with van der Waals surface area (Å²) < 4.78 is 29.5. The fourth-order valence-corrected chi connectivity index (χ4v) is 9.85.